The van der Waals surface area contributed by atoms with Crippen molar-refractivity contribution >= 4 is 17.2 Å². The van der Waals surface area contributed by atoms with Gasteiger partial charge in [0.15, 0.2) is 0 Å². The van der Waals surface area contributed by atoms with Crippen molar-refractivity contribution in [2.45, 2.75) is 39.3 Å². The van der Waals surface area contributed by atoms with Crippen molar-refractivity contribution in [3.8, 4) is 0 Å². The molecule has 0 N–H and O–H groups in total. The fraction of sp³-hybridized carbons (Fsp3) is 0.500. The van der Waals surface area contributed by atoms with Crippen LogP contribution in [0.15, 0.2) is 36.7 Å². The normalized spacial score (nSPS) is 24.4. The molecule has 0 saturated carbocycles. The van der Waals surface area contributed by atoms with Gasteiger partial charge in [0.2, 0.25) is 5.91 Å². The maximum Gasteiger partial charge on any atom is 0.230 e. The third kappa shape index (κ3) is 3.48. The molecular formula is C20H25N3OS. The molecular weight excluding hydrogens is 330 g/mol. The van der Waals surface area contributed by atoms with Gasteiger partial charge in [0, 0.05) is 48.3 Å². The van der Waals surface area contributed by atoms with E-state index in [-0.39, 0.29) is 5.41 Å². The Labute approximate surface area is 153 Å². The molecule has 4 nitrogen and oxygen atoms in total. The van der Waals surface area contributed by atoms with Crippen LogP contribution >= 0.6 is 11.3 Å². The molecule has 2 aliphatic rings. The minimum absolute atomic E-state index is 0.155. The lowest BCUT2D eigenvalue weighted by molar-refractivity contribution is -0.139. The molecule has 1 unspecified atom stereocenters. The number of hydrogen-bond donors (Lipinski definition) is 0. The summed E-state index contributed by atoms with van der Waals surface area (Å²) in [6, 6.07) is 8.43. The van der Waals surface area contributed by atoms with Gasteiger partial charge in [-0.1, -0.05) is 0 Å². The van der Waals surface area contributed by atoms with Crippen LogP contribution in [-0.4, -0.2) is 40.3 Å². The van der Waals surface area contributed by atoms with Crippen molar-refractivity contribution in [3.63, 3.8) is 0 Å². The zero-order valence-electron chi connectivity index (χ0n) is 14.8. The van der Waals surface area contributed by atoms with E-state index in [2.05, 4.69) is 28.9 Å². The van der Waals surface area contributed by atoms with E-state index >= 15 is 0 Å². The SMILES string of the molecule is Cc1ccc(CN2CCCC3(CCN(Cc4ccncc4)C3=O)C2)s1. The van der Waals surface area contributed by atoms with Crippen LogP contribution in [0.4, 0.5) is 0 Å². The zero-order chi connectivity index (χ0) is 17.3. The largest absolute Gasteiger partial charge is 0.338 e. The molecule has 4 heterocycles. The minimum Gasteiger partial charge on any atom is -0.338 e. The number of carbonyl (C=O) groups is 1. The lowest BCUT2D eigenvalue weighted by Gasteiger charge is -2.39. The number of carbonyl (C=O) groups excluding carboxylic acids is 1. The Morgan fingerprint density at radius 2 is 1.96 bits per heavy atom. The summed E-state index contributed by atoms with van der Waals surface area (Å²) in [7, 11) is 0. The van der Waals surface area contributed by atoms with E-state index in [4.69, 9.17) is 0 Å². The molecule has 2 fully saturated rings. The summed E-state index contributed by atoms with van der Waals surface area (Å²) in [6.07, 6.45) is 6.77. The van der Waals surface area contributed by atoms with Crippen LogP contribution in [0, 0.1) is 12.3 Å². The highest BCUT2D eigenvalue weighted by molar-refractivity contribution is 7.11. The number of hydrogen-bond acceptors (Lipinski definition) is 4. The Balaban J connectivity index is 1.43. The number of thiophene rings is 1. The highest BCUT2D eigenvalue weighted by atomic mass is 32.1. The van der Waals surface area contributed by atoms with Gasteiger partial charge in [0.05, 0.1) is 5.41 Å². The summed E-state index contributed by atoms with van der Waals surface area (Å²) >= 11 is 1.87. The highest BCUT2D eigenvalue weighted by Crippen LogP contribution is 2.41. The van der Waals surface area contributed by atoms with Crippen LogP contribution in [-0.2, 0) is 17.9 Å². The Hall–Kier alpha value is -1.72. The second-order valence-electron chi connectivity index (χ2n) is 7.44. The average Bonchev–Trinajstić information content (AvgIpc) is 3.15. The van der Waals surface area contributed by atoms with E-state index in [1.807, 2.05) is 28.4 Å². The Kier molecular flexibility index (Phi) is 4.61. The van der Waals surface area contributed by atoms with Gasteiger partial charge in [-0.15, -0.1) is 11.3 Å². The molecule has 2 aromatic rings. The summed E-state index contributed by atoms with van der Waals surface area (Å²) in [6.45, 7) is 6.76. The summed E-state index contributed by atoms with van der Waals surface area (Å²) in [5.41, 5.74) is 1.01. The number of nitrogens with zero attached hydrogens (tertiary/aromatic N) is 3. The molecule has 1 spiro atoms. The molecule has 0 bridgehead atoms. The van der Waals surface area contributed by atoms with Crippen LogP contribution < -0.4 is 0 Å². The molecule has 1 amide bonds. The van der Waals surface area contributed by atoms with Crippen LogP contribution in [0.2, 0.25) is 0 Å². The molecule has 25 heavy (non-hydrogen) atoms. The molecule has 1 atom stereocenters. The average molecular weight is 356 g/mol. The summed E-state index contributed by atoms with van der Waals surface area (Å²) in [4.78, 5) is 24.6. The van der Waals surface area contributed by atoms with Gasteiger partial charge in [0.1, 0.15) is 0 Å². The molecule has 132 valence electrons. The van der Waals surface area contributed by atoms with Gasteiger partial charge in [-0.25, -0.2) is 0 Å². The van der Waals surface area contributed by atoms with Gasteiger partial charge in [-0.3, -0.25) is 14.7 Å². The third-order valence-electron chi connectivity index (χ3n) is 5.56. The van der Waals surface area contributed by atoms with Crippen LogP contribution in [0.1, 0.15) is 34.6 Å². The maximum absolute atomic E-state index is 13.2. The first-order valence-corrected chi connectivity index (χ1v) is 9.92. The van der Waals surface area contributed by atoms with Crippen LogP contribution in [0.25, 0.3) is 0 Å². The molecule has 0 aliphatic carbocycles. The van der Waals surface area contributed by atoms with Gasteiger partial charge < -0.3 is 4.90 Å². The molecule has 0 aromatic carbocycles. The van der Waals surface area contributed by atoms with Gasteiger partial charge in [-0.2, -0.15) is 0 Å². The third-order valence-corrected chi connectivity index (χ3v) is 6.54. The van der Waals surface area contributed by atoms with E-state index in [1.165, 1.54) is 15.3 Å². The Morgan fingerprint density at radius 3 is 2.72 bits per heavy atom. The fourth-order valence-corrected chi connectivity index (χ4v) is 5.22. The smallest absolute Gasteiger partial charge is 0.230 e. The predicted molar refractivity (Wildman–Crippen MR) is 100 cm³/mol. The van der Waals surface area contributed by atoms with Crippen molar-refractivity contribution in [2.75, 3.05) is 19.6 Å². The maximum atomic E-state index is 13.2. The molecule has 4 rings (SSSR count). The van der Waals surface area contributed by atoms with E-state index < -0.39 is 0 Å². The number of amides is 1. The fourth-order valence-electron chi connectivity index (χ4n) is 4.28. The summed E-state index contributed by atoms with van der Waals surface area (Å²) < 4.78 is 0. The number of aromatic nitrogens is 1. The number of piperidine rings is 1. The number of likely N-dealkylation sites (tertiary alicyclic amines) is 2. The molecule has 2 saturated heterocycles. The zero-order valence-corrected chi connectivity index (χ0v) is 15.6. The van der Waals surface area contributed by atoms with Crippen molar-refractivity contribution in [1.82, 2.24) is 14.8 Å². The van der Waals surface area contributed by atoms with E-state index in [0.717, 1.165) is 45.4 Å². The number of rotatable bonds is 4. The van der Waals surface area contributed by atoms with E-state index in [1.54, 1.807) is 12.4 Å². The lowest BCUT2D eigenvalue weighted by Crippen LogP contribution is -2.47. The van der Waals surface area contributed by atoms with E-state index in [9.17, 15) is 4.79 Å². The standard InChI is InChI=1S/C20H25N3OS/c1-16-3-4-18(25-16)14-22-11-2-7-20(15-22)8-12-23(19(20)24)13-17-5-9-21-10-6-17/h3-6,9-10H,2,7-8,11-15H2,1H3. The topological polar surface area (TPSA) is 36.4 Å². The first kappa shape index (κ1) is 16.7. The first-order valence-electron chi connectivity index (χ1n) is 9.11. The molecule has 5 heteroatoms. The lowest BCUT2D eigenvalue weighted by atomic mass is 9.78. The molecule has 2 aromatic heterocycles. The van der Waals surface area contributed by atoms with Crippen molar-refractivity contribution in [2.24, 2.45) is 5.41 Å². The number of aryl methyl sites for hydroxylation is 1. The van der Waals surface area contributed by atoms with Gasteiger partial charge in [-0.05, 0) is 62.6 Å². The molecule has 2 aliphatic heterocycles. The van der Waals surface area contributed by atoms with Crippen molar-refractivity contribution in [1.29, 1.82) is 0 Å². The molecule has 0 radical (unpaired) electrons. The van der Waals surface area contributed by atoms with Crippen molar-refractivity contribution in [3.05, 3.63) is 52.0 Å². The Morgan fingerprint density at radius 1 is 1.12 bits per heavy atom. The number of pyridine rings is 1. The quantitative estimate of drug-likeness (QED) is 0.843. The second-order valence-corrected chi connectivity index (χ2v) is 8.81. The van der Waals surface area contributed by atoms with E-state index in [0.29, 0.717) is 12.5 Å². The minimum atomic E-state index is -0.155. The summed E-state index contributed by atoms with van der Waals surface area (Å²) in [5.74, 6) is 0.358. The van der Waals surface area contributed by atoms with Gasteiger partial charge >= 0.3 is 0 Å². The predicted octanol–water partition coefficient (Wildman–Crippen LogP) is 3.47. The Bertz CT molecular complexity index is 744. The van der Waals surface area contributed by atoms with Crippen molar-refractivity contribution < 1.29 is 4.79 Å². The van der Waals surface area contributed by atoms with Crippen LogP contribution in [0.5, 0.6) is 0 Å². The first-order chi connectivity index (χ1) is 12.1. The summed E-state index contributed by atoms with van der Waals surface area (Å²) in [5, 5.41) is 0. The van der Waals surface area contributed by atoms with Gasteiger partial charge in [0.25, 0.3) is 0 Å². The highest BCUT2D eigenvalue weighted by Gasteiger charge is 2.48. The second kappa shape index (κ2) is 6.89. The van der Waals surface area contributed by atoms with Crippen LogP contribution in [0.3, 0.4) is 0 Å². The monoisotopic (exact) mass is 355 g/mol.